The Labute approximate surface area is 102 Å². The molecule has 0 N–H and O–H groups in total. The minimum absolute atomic E-state index is 0.302. The van der Waals surface area contributed by atoms with Crippen molar-refractivity contribution in [2.24, 2.45) is 7.05 Å². The maximum absolute atomic E-state index is 13.0. The van der Waals surface area contributed by atoms with Crippen LogP contribution in [0.3, 0.4) is 0 Å². The maximum Gasteiger partial charge on any atom is 0.195 e. The summed E-state index contributed by atoms with van der Waals surface area (Å²) in [5.41, 5.74) is 0.302. The molecule has 0 saturated carbocycles. The van der Waals surface area contributed by atoms with Crippen molar-refractivity contribution in [2.75, 3.05) is 0 Å². The zero-order chi connectivity index (χ0) is 12.4. The van der Waals surface area contributed by atoms with Crippen LogP contribution in [0.2, 0.25) is 0 Å². The average molecular weight is 248 g/mol. The Balaban J connectivity index is 2.37. The van der Waals surface area contributed by atoms with Gasteiger partial charge in [-0.05, 0) is 36.9 Å². The quantitative estimate of drug-likeness (QED) is 0.818. The van der Waals surface area contributed by atoms with Gasteiger partial charge in [0.15, 0.2) is 5.16 Å². The third-order valence-electron chi connectivity index (χ3n) is 2.32. The molecule has 0 amide bonds. The first-order chi connectivity index (χ1) is 8.11. The van der Waals surface area contributed by atoms with Crippen molar-refractivity contribution in [3.8, 4) is 6.07 Å². The van der Waals surface area contributed by atoms with Gasteiger partial charge in [0.05, 0.1) is 5.56 Å². The van der Waals surface area contributed by atoms with E-state index >= 15 is 0 Å². The number of nitriles is 1. The fourth-order valence-corrected chi connectivity index (χ4v) is 2.15. The van der Waals surface area contributed by atoms with Gasteiger partial charge in [0, 0.05) is 11.9 Å². The molecule has 0 saturated heterocycles. The van der Waals surface area contributed by atoms with Gasteiger partial charge in [-0.15, -0.1) is 10.2 Å². The Hall–Kier alpha value is -1.87. The van der Waals surface area contributed by atoms with Gasteiger partial charge in [0.2, 0.25) is 0 Å². The molecule has 0 aliphatic heterocycles. The number of aryl methyl sites for hydroxylation is 1. The summed E-state index contributed by atoms with van der Waals surface area (Å²) in [6.45, 7) is 1.84. The Bertz CT molecular complexity index is 600. The largest absolute Gasteiger partial charge is 0.309 e. The summed E-state index contributed by atoms with van der Waals surface area (Å²) in [5, 5.41) is 17.5. The number of nitrogens with zero attached hydrogens (tertiary/aromatic N) is 4. The number of halogens is 1. The van der Waals surface area contributed by atoms with Gasteiger partial charge in [0.1, 0.15) is 17.7 Å². The highest BCUT2D eigenvalue weighted by Crippen LogP contribution is 2.29. The lowest BCUT2D eigenvalue weighted by Gasteiger charge is -2.03. The van der Waals surface area contributed by atoms with Gasteiger partial charge in [-0.3, -0.25) is 0 Å². The molecule has 0 atom stereocenters. The van der Waals surface area contributed by atoms with E-state index in [0.717, 1.165) is 5.82 Å². The fraction of sp³-hybridized carbons (Fsp3) is 0.182. The molecule has 1 aromatic heterocycles. The zero-order valence-corrected chi connectivity index (χ0v) is 10.1. The van der Waals surface area contributed by atoms with Crippen molar-refractivity contribution in [1.29, 1.82) is 5.26 Å². The van der Waals surface area contributed by atoms with E-state index in [2.05, 4.69) is 10.2 Å². The summed E-state index contributed by atoms with van der Waals surface area (Å²) in [4.78, 5) is 0.671. The molecule has 0 aliphatic carbocycles. The van der Waals surface area contributed by atoms with Crippen molar-refractivity contribution < 1.29 is 4.39 Å². The number of hydrogen-bond acceptors (Lipinski definition) is 4. The highest BCUT2D eigenvalue weighted by atomic mass is 32.2. The molecule has 0 spiro atoms. The Morgan fingerprint density at radius 1 is 1.41 bits per heavy atom. The van der Waals surface area contributed by atoms with Crippen molar-refractivity contribution in [1.82, 2.24) is 14.8 Å². The van der Waals surface area contributed by atoms with E-state index in [-0.39, 0.29) is 0 Å². The smallest absolute Gasteiger partial charge is 0.195 e. The topological polar surface area (TPSA) is 54.5 Å². The molecule has 6 heteroatoms. The molecule has 1 heterocycles. The zero-order valence-electron chi connectivity index (χ0n) is 9.31. The lowest BCUT2D eigenvalue weighted by molar-refractivity contribution is 0.626. The molecule has 17 heavy (non-hydrogen) atoms. The highest BCUT2D eigenvalue weighted by molar-refractivity contribution is 7.99. The first-order valence-electron chi connectivity index (χ1n) is 4.85. The van der Waals surface area contributed by atoms with E-state index in [1.165, 1.54) is 23.9 Å². The van der Waals surface area contributed by atoms with Crippen molar-refractivity contribution in [3.63, 3.8) is 0 Å². The van der Waals surface area contributed by atoms with Crippen LogP contribution in [-0.4, -0.2) is 14.8 Å². The Morgan fingerprint density at radius 2 is 2.18 bits per heavy atom. The minimum atomic E-state index is -0.417. The lowest BCUT2D eigenvalue weighted by Crippen LogP contribution is -1.94. The fourth-order valence-electron chi connectivity index (χ4n) is 1.25. The van der Waals surface area contributed by atoms with E-state index in [9.17, 15) is 4.39 Å². The van der Waals surface area contributed by atoms with Crippen LogP contribution in [0.15, 0.2) is 28.3 Å². The number of rotatable bonds is 2. The predicted octanol–water partition coefficient (Wildman–Crippen LogP) is 2.29. The molecule has 4 nitrogen and oxygen atoms in total. The summed E-state index contributed by atoms with van der Waals surface area (Å²) < 4.78 is 14.8. The van der Waals surface area contributed by atoms with Crippen molar-refractivity contribution in [3.05, 3.63) is 35.4 Å². The van der Waals surface area contributed by atoms with Crippen LogP contribution in [0.25, 0.3) is 0 Å². The van der Waals surface area contributed by atoms with Gasteiger partial charge >= 0.3 is 0 Å². The van der Waals surface area contributed by atoms with E-state index in [0.29, 0.717) is 15.6 Å². The lowest BCUT2D eigenvalue weighted by atomic mass is 10.2. The first kappa shape index (κ1) is 11.6. The minimum Gasteiger partial charge on any atom is -0.309 e. The third-order valence-corrected chi connectivity index (χ3v) is 3.43. The molecule has 2 aromatic rings. The van der Waals surface area contributed by atoms with Crippen LogP contribution in [0.1, 0.15) is 11.4 Å². The summed E-state index contributed by atoms with van der Waals surface area (Å²) in [7, 11) is 1.84. The number of hydrogen-bond donors (Lipinski definition) is 0. The van der Waals surface area contributed by atoms with Crippen LogP contribution in [0.4, 0.5) is 4.39 Å². The van der Waals surface area contributed by atoms with E-state index in [4.69, 9.17) is 5.26 Å². The molecule has 86 valence electrons. The monoisotopic (exact) mass is 248 g/mol. The SMILES string of the molecule is Cc1nnc(Sc2ccc(F)cc2C#N)n1C. The molecule has 2 rings (SSSR count). The average Bonchev–Trinajstić information content (AvgIpc) is 2.63. The number of benzene rings is 1. The first-order valence-corrected chi connectivity index (χ1v) is 5.67. The van der Waals surface area contributed by atoms with Gasteiger partial charge in [0.25, 0.3) is 0 Å². The van der Waals surface area contributed by atoms with Gasteiger partial charge in [-0.2, -0.15) is 5.26 Å². The van der Waals surface area contributed by atoms with Crippen molar-refractivity contribution >= 4 is 11.8 Å². The summed E-state index contributed by atoms with van der Waals surface area (Å²) in [6, 6.07) is 6.08. The molecular formula is C11H9FN4S. The number of aromatic nitrogens is 3. The van der Waals surface area contributed by atoms with Crippen LogP contribution in [0.5, 0.6) is 0 Å². The van der Waals surface area contributed by atoms with E-state index < -0.39 is 5.82 Å². The molecule has 1 aromatic carbocycles. The maximum atomic E-state index is 13.0. The predicted molar refractivity (Wildman–Crippen MR) is 61.0 cm³/mol. The Kier molecular flexibility index (Phi) is 3.11. The summed E-state index contributed by atoms with van der Waals surface area (Å²) in [6.07, 6.45) is 0. The standard InChI is InChI=1S/C11H9FN4S/c1-7-14-15-11(16(7)2)17-10-4-3-9(12)5-8(10)6-13/h3-5H,1-2H3. The van der Waals surface area contributed by atoms with Gasteiger partial charge in [-0.1, -0.05) is 0 Å². The van der Waals surface area contributed by atoms with Gasteiger partial charge < -0.3 is 4.57 Å². The molecule has 0 bridgehead atoms. The van der Waals surface area contributed by atoms with Gasteiger partial charge in [-0.25, -0.2) is 4.39 Å². The van der Waals surface area contributed by atoms with Crippen LogP contribution < -0.4 is 0 Å². The van der Waals surface area contributed by atoms with Crippen molar-refractivity contribution in [2.45, 2.75) is 17.0 Å². The summed E-state index contributed by atoms with van der Waals surface area (Å²) >= 11 is 1.30. The highest BCUT2D eigenvalue weighted by Gasteiger charge is 2.10. The van der Waals surface area contributed by atoms with E-state index in [1.54, 1.807) is 6.07 Å². The molecule has 0 radical (unpaired) electrons. The van der Waals surface area contributed by atoms with Crippen LogP contribution >= 0.6 is 11.8 Å². The van der Waals surface area contributed by atoms with Crippen LogP contribution in [0, 0.1) is 24.1 Å². The second-order valence-electron chi connectivity index (χ2n) is 3.44. The second kappa shape index (κ2) is 4.55. The second-order valence-corrected chi connectivity index (χ2v) is 4.45. The molecule has 0 aliphatic rings. The Morgan fingerprint density at radius 3 is 2.76 bits per heavy atom. The van der Waals surface area contributed by atoms with E-state index in [1.807, 2.05) is 24.6 Å². The normalized spacial score (nSPS) is 10.2. The van der Waals surface area contributed by atoms with Crippen LogP contribution in [-0.2, 0) is 7.05 Å². The third kappa shape index (κ3) is 2.29. The molecule has 0 unspecified atom stereocenters. The summed E-state index contributed by atoms with van der Waals surface area (Å²) in [5.74, 6) is 0.369. The molecule has 0 fully saturated rings. The molecular weight excluding hydrogens is 239 g/mol.